The molecule has 0 radical (unpaired) electrons. The third-order valence-corrected chi connectivity index (χ3v) is 3.82. The second-order valence-corrected chi connectivity index (χ2v) is 5.42. The van der Waals surface area contributed by atoms with Crippen molar-refractivity contribution in [2.24, 2.45) is 0 Å². The standard InChI is InChI=1S/C19H18N2O3/c1-14(18-7-4-12-23-18)21(2)19(22)15-5-3-6-17(13-15)24-16-8-10-20-11-9-16/h3-14H,1-2H3/t14-/m0/s1. The SMILES string of the molecule is C[C@@H](c1ccco1)N(C)C(=O)c1cccc(Oc2ccncc2)c1. The van der Waals surface area contributed by atoms with E-state index in [-0.39, 0.29) is 11.9 Å². The first kappa shape index (κ1) is 15.8. The second-order valence-electron chi connectivity index (χ2n) is 5.42. The van der Waals surface area contributed by atoms with Gasteiger partial charge in [0.25, 0.3) is 5.91 Å². The molecular weight excluding hydrogens is 304 g/mol. The first-order chi connectivity index (χ1) is 11.6. The van der Waals surface area contributed by atoms with Crippen LogP contribution in [0.4, 0.5) is 0 Å². The highest BCUT2D eigenvalue weighted by atomic mass is 16.5. The van der Waals surface area contributed by atoms with Crippen LogP contribution in [0.1, 0.15) is 29.1 Å². The zero-order chi connectivity index (χ0) is 16.9. The first-order valence-electron chi connectivity index (χ1n) is 7.63. The fraction of sp³-hybridized carbons (Fsp3) is 0.158. The quantitative estimate of drug-likeness (QED) is 0.703. The van der Waals surface area contributed by atoms with Gasteiger partial charge in [-0.15, -0.1) is 0 Å². The third kappa shape index (κ3) is 3.46. The molecule has 0 spiro atoms. The summed E-state index contributed by atoms with van der Waals surface area (Å²) in [7, 11) is 1.76. The summed E-state index contributed by atoms with van der Waals surface area (Å²) in [5, 5.41) is 0. The average Bonchev–Trinajstić information content (AvgIpc) is 3.15. The van der Waals surface area contributed by atoms with Crippen LogP contribution in [0.5, 0.6) is 11.5 Å². The van der Waals surface area contributed by atoms with Crippen molar-refractivity contribution in [1.29, 1.82) is 0 Å². The number of aromatic nitrogens is 1. The van der Waals surface area contributed by atoms with Crippen molar-refractivity contribution in [2.45, 2.75) is 13.0 Å². The van der Waals surface area contributed by atoms with Gasteiger partial charge >= 0.3 is 0 Å². The van der Waals surface area contributed by atoms with Crippen molar-refractivity contribution in [1.82, 2.24) is 9.88 Å². The van der Waals surface area contributed by atoms with Crippen molar-refractivity contribution in [3.8, 4) is 11.5 Å². The number of carbonyl (C=O) groups excluding carboxylic acids is 1. The van der Waals surface area contributed by atoms with Gasteiger partial charge < -0.3 is 14.1 Å². The van der Waals surface area contributed by atoms with Gasteiger partial charge in [-0.2, -0.15) is 0 Å². The molecule has 2 heterocycles. The normalized spacial score (nSPS) is 11.8. The fourth-order valence-electron chi connectivity index (χ4n) is 2.33. The van der Waals surface area contributed by atoms with Crippen LogP contribution in [0.2, 0.25) is 0 Å². The maximum Gasteiger partial charge on any atom is 0.254 e. The van der Waals surface area contributed by atoms with Crippen molar-refractivity contribution >= 4 is 5.91 Å². The van der Waals surface area contributed by atoms with E-state index in [1.165, 1.54) is 0 Å². The van der Waals surface area contributed by atoms with Crippen LogP contribution in [0.3, 0.4) is 0 Å². The topological polar surface area (TPSA) is 55.6 Å². The molecule has 5 nitrogen and oxygen atoms in total. The van der Waals surface area contributed by atoms with Crippen molar-refractivity contribution < 1.29 is 13.9 Å². The van der Waals surface area contributed by atoms with E-state index < -0.39 is 0 Å². The Morgan fingerprint density at radius 3 is 2.62 bits per heavy atom. The molecule has 0 fully saturated rings. The number of pyridine rings is 1. The highest BCUT2D eigenvalue weighted by Gasteiger charge is 2.21. The lowest BCUT2D eigenvalue weighted by molar-refractivity contribution is 0.0726. The molecular formula is C19H18N2O3. The Kier molecular flexibility index (Phi) is 4.61. The third-order valence-electron chi connectivity index (χ3n) is 3.82. The maximum absolute atomic E-state index is 12.7. The number of benzene rings is 1. The largest absolute Gasteiger partial charge is 0.467 e. The number of hydrogen-bond acceptors (Lipinski definition) is 4. The van der Waals surface area contributed by atoms with E-state index in [1.54, 1.807) is 60.9 Å². The van der Waals surface area contributed by atoms with E-state index in [0.29, 0.717) is 17.1 Å². The van der Waals surface area contributed by atoms with Gasteiger partial charge in [-0.1, -0.05) is 6.07 Å². The second kappa shape index (κ2) is 7.00. The molecule has 1 atom stereocenters. The summed E-state index contributed by atoms with van der Waals surface area (Å²) in [4.78, 5) is 18.3. The minimum absolute atomic E-state index is 0.0981. The van der Waals surface area contributed by atoms with E-state index in [2.05, 4.69) is 4.98 Å². The average molecular weight is 322 g/mol. The van der Waals surface area contributed by atoms with Gasteiger partial charge in [0.2, 0.25) is 0 Å². The lowest BCUT2D eigenvalue weighted by Crippen LogP contribution is -2.29. The molecule has 3 rings (SSSR count). The number of nitrogens with zero attached hydrogens (tertiary/aromatic N) is 2. The highest BCUT2D eigenvalue weighted by molar-refractivity contribution is 5.94. The van der Waals surface area contributed by atoms with Crippen LogP contribution >= 0.6 is 0 Å². The van der Waals surface area contributed by atoms with Gasteiger partial charge in [-0.25, -0.2) is 0 Å². The van der Waals surface area contributed by atoms with Gasteiger partial charge in [0.1, 0.15) is 17.3 Å². The van der Waals surface area contributed by atoms with Crippen LogP contribution in [0.15, 0.2) is 71.6 Å². The van der Waals surface area contributed by atoms with E-state index in [4.69, 9.17) is 9.15 Å². The highest BCUT2D eigenvalue weighted by Crippen LogP contribution is 2.24. The van der Waals surface area contributed by atoms with Crippen molar-refractivity contribution in [3.63, 3.8) is 0 Å². The summed E-state index contributed by atoms with van der Waals surface area (Å²) < 4.78 is 11.1. The molecule has 0 bridgehead atoms. The minimum Gasteiger partial charge on any atom is -0.467 e. The predicted octanol–water partition coefficient (Wildman–Crippen LogP) is 4.30. The van der Waals surface area contributed by atoms with Crippen molar-refractivity contribution in [2.75, 3.05) is 7.05 Å². The number of hydrogen-bond donors (Lipinski definition) is 0. The van der Waals surface area contributed by atoms with Gasteiger partial charge in [0.15, 0.2) is 0 Å². The molecule has 1 aromatic carbocycles. The molecule has 1 amide bonds. The van der Waals surface area contributed by atoms with Crippen molar-refractivity contribution in [3.05, 3.63) is 78.5 Å². The van der Waals surface area contributed by atoms with Gasteiger partial charge in [-0.05, 0) is 49.4 Å². The number of rotatable bonds is 5. The van der Waals surface area contributed by atoms with Gasteiger partial charge in [0.05, 0.1) is 12.3 Å². The molecule has 0 saturated heterocycles. The molecule has 0 N–H and O–H groups in total. The van der Waals surface area contributed by atoms with Crippen LogP contribution in [-0.2, 0) is 0 Å². The zero-order valence-corrected chi connectivity index (χ0v) is 13.5. The van der Waals surface area contributed by atoms with Crippen LogP contribution in [0.25, 0.3) is 0 Å². The monoisotopic (exact) mass is 322 g/mol. The summed E-state index contributed by atoms with van der Waals surface area (Å²) in [6.07, 6.45) is 4.92. The smallest absolute Gasteiger partial charge is 0.254 e. The molecule has 0 unspecified atom stereocenters. The molecule has 0 saturated carbocycles. The molecule has 5 heteroatoms. The Balaban J connectivity index is 1.76. The number of furan rings is 1. The number of carbonyl (C=O) groups is 1. The Morgan fingerprint density at radius 1 is 1.12 bits per heavy atom. The minimum atomic E-state index is -0.155. The van der Waals surface area contributed by atoms with E-state index in [9.17, 15) is 4.79 Å². The Bertz CT molecular complexity index is 800. The van der Waals surface area contributed by atoms with Crippen LogP contribution in [-0.4, -0.2) is 22.8 Å². The molecule has 0 aliphatic heterocycles. The van der Waals surface area contributed by atoms with Crippen LogP contribution in [0, 0.1) is 0 Å². The Labute approximate surface area is 140 Å². The van der Waals surface area contributed by atoms with Crippen LogP contribution < -0.4 is 4.74 Å². The van der Waals surface area contributed by atoms with Gasteiger partial charge in [-0.3, -0.25) is 9.78 Å². The number of ether oxygens (including phenoxy) is 1. The summed E-state index contributed by atoms with van der Waals surface area (Å²) in [5.41, 5.74) is 0.558. The first-order valence-corrected chi connectivity index (χ1v) is 7.63. The zero-order valence-electron chi connectivity index (χ0n) is 13.5. The van der Waals surface area contributed by atoms with E-state index >= 15 is 0 Å². The predicted molar refractivity (Wildman–Crippen MR) is 90.0 cm³/mol. The molecule has 122 valence electrons. The molecule has 24 heavy (non-hydrogen) atoms. The lowest BCUT2D eigenvalue weighted by Gasteiger charge is -2.23. The summed E-state index contributed by atoms with van der Waals surface area (Å²) in [5.74, 6) is 1.92. The summed E-state index contributed by atoms with van der Waals surface area (Å²) >= 11 is 0. The summed E-state index contributed by atoms with van der Waals surface area (Å²) in [6, 6.07) is 14.2. The fourth-order valence-corrected chi connectivity index (χ4v) is 2.33. The Hall–Kier alpha value is -3.08. The lowest BCUT2D eigenvalue weighted by atomic mass is 10.1. The maximum atomic E-state index is 12.7. The number of amides is 1. The molecule has 3 aromatic rings. The molecule has 0 aliphatic rings. The van der Waals surface area contributed by atoms with E-state index in [1.807, 2.05) is 25.1 Å². The molecule has 0 aliphatic carbocycles. The van der Waals surface area contributed by atoms with E-state index in [0.717, 1.165) is 5.76 Å². The van der Waals surface area contributed by atoms with Gasteiger partial charge in [0, 0.05) is 25.0 Å². The Morgan fingerprint density at radius 2 is 1.92 bits per heavy atom. The molecule has 2 aromatic heterocycles. The summed E-state index contributed by atoms with van der Waals surface area (Å²) in [6.45, 7) is 1.92.